The molecule has 0 saturated carbocycles. The molecular formula is C17H23NO2. The van der Waals surface area contributed by atoms with Gasteiger partial charge in [-0.15, -0.1) is 12.3 Å². The van der Waals surface area contributed by atoms with Crippen LogP contribution in [0.3, 0.4) is 0 Å². The number of hydrogen-bond acceptors (Lipinski definition) is 3. The maximum atomic E-state index is 5.73. The number of hydrogen-bond donors (Lipinski definition) is 1. The maximum absolute atomic E-state index is 5.73. The van der Waals surface area contributed by atoms with Crippen molar-refractivity contribution < 1.29 is 9.47 Å². The highest BCUT2D eigenvalue weighted by atomic mass is 16.5. The van der Waals surface area contributed by atoms with Crippen molar-refractivity contribution in [3.05, 3.63) is 23.8 Å². The normalized spacial score (nSPS) is 16.9. The quantitative estimate of drug-likeness (QED) is 0.835. The summed E-state index contributed by atoms with van der Waals surface area (Å²) >= 11 is 0. The minimum atomic E-state index is 0.241. The van der Waals surface area contributed by atoms with Crippen molar-refractivity contribution in [1.82, 2.24) is 5.32 Å². The minimum absolute atomic E-state index is 0.241. The molecule has 3 heteroatoms. The lowest BCUT2D eigenvalue weighted by Crippen LogP contribution is -2.30. The number of rotatable bonds is 5. The van der Waals surface area contributed by atoms with Crippen molar-refractivity contribution in [2.24, 2.45) is 0 Å². The monoisotopic (exact) mass is 273 g/mol. The zero-order chi connectivity index (χ0) is 14.4. The van der Waals surface area contributed by atoms with E-state index in [4.69, 9.17) is 15.9 Å². The second kappa shape index (κ2) is 7.21. The molecule has 108 valence electrons. The Hall–Kier alpha value is -1.66. The van der Waals surface area contributed by atoms with Gasteiger partial charge in [0.2, 0.25) is 0 Å². The molecule has 20 heavy (non-hydrogen) atoms. The van der Waals surface area contributed by atoms with Crippen molar-refractivity contribution in [2.45, 2.75) is 45.2 Å². The van der Waals surface area contributed by atoms with E-state index in [0.717, 1.165) is 37.4 Å². The van der Waals surface area contributed by atoms with Crippen LogP contribution in [0.5, 0.6) is 11.5 Å². The molecule has 3 nitrogen and oxygen atoms in total. The second-order valence-corrected chi connectivity index (χ2v) is 5.16. The highest BCUT2D eigenvalue weighted by Crippen LogP contribution is 2.32. The number of fused-ring (bicyclic) bond motifs is 1. The Kier molecular flexibility index (Phi) is 5.31. The molecule has 0 radical (unpaired) electrons. The topological polar surface area (TPSA) is 30.5 Å². The van der Waals surface area contributed by atoms with E-state index in [-0.39, 0.29) is 6.04 Å². The summed E-state index contributed by atoms with van der Waals surface area (Å²) in [5.74, 6) is 4.41. The fourth-order valence-corrected chi connectivity index (χ4v) is 2.36. The summed E-state index contributed by atoms with van der Waals surface area (Å²) in [7, 11) is 0. The van der Waals surface area contributed by atoms with Crippen molar-refractivity contribution in [3.8, 4) is 23.8 Å². The highest BCUT2D eigenvalue weighted by molar-refractivity contribution is 5.44. The van der Waals surface area contributed by atoms with Crippen LogP contribution in [-0.4, -0.2) is 19.3 Å². The zero-order valence-corrected chi connectivity index (χ0v) is 12.3. The summed E-state index contributed by atoms with van der Waals surface area (Å²) in [6, 6.07) is 6.75. The van der Waals surface area contributed by atoms with E-state index in [1.54, 1.807) is 0 Å². The molecule has 1 aromatic carbocycles. The Bertz CT molecular complexity index is 478. The third kappa shape index (κ3) is 3.68. The molecule has 0 spiro atoms. The van der Waals surface area contributed by atoms with Gasteiger partial charge in [0.25, 0.3) is 0 Å². The zero-order valence-electron chi connectivity index (χ0n) is 12.3. The summed E-state index contributed by atoms with van der Waals surface area (Å²) in [5, 5.41) is 3.57. The molecular weight excluding hydrogens is 250 g/mol. The van der Waals surface area contributed by atoms with E-state index in [9.17, 15) is 0 Å². The van der Waals surface area contributed by atoms with Crippen molar-refractivity contribution in [2.75, 3.05) is 13.2 Å². The lowest BCUT2D eigenvalue weighted by atomic mass is 10.0. The van der Waals surface area contributed by atoms with Gasteiger partial charge in [0.05, 0.1) is 13.2 Å². The van der Waals surface area contributed by atoms with E-state index in [2.05, 4.69) is 37.2 Å². The third-order valence-corrected chi connectivity index (χ3v) is 3.61. The average Bonchev–Trinajstić information content (AvgIpc) is 2.71. The second-order valence-electron chi connectivity index (χ2n) is 5.16. The molecule has 1 N–H and O–H groups in total. The Morgan fingerprint density at radius 3 is 2.75 bits per heavy atom. The van der Waals surface area contributed by atoms with Crippen LogP contribution in [0.15, 0.2) is 18.2 Å². The molecule has 0 aliphatic carbocycles. The van der Waals surface area contributed by atoms with Gasteiger partial charge in [-0.3, -0.25) is 0 Å². The smallest absolute Gasteiger partial charge is 0.161 e. The first kappa shape index (κ1) is 14.7. The van der Waals surface area contributed by atoms with Crippen LogP contribution in [0.4, 0.5) is 0 Å². The number of benzene rings is 1. The van der Waals surface area contributed by atoms with Crippen molar-refractivity contribution >= 4 is 0 Å². The van der Waals surface area contributed by atoms with E-state index < -0.39 is 0 Å². The van der Waals surface area contributed by atoms with Crippen LogP contribution in [-0.2, 0) is 0 Å². The maximum Gasteiger partial charge on any atom is 0.161 e. The lowest BCUT2D eigenvalue weighted by molar-refractivity contribution is 0.297. The molecule has 0 aromatic heterocycles. The van der Waals surface area contributed by atoms with Crippen LogP contribution in [0.1, 0.15) is 44.7 Å². The molecule has 0 saturated heterocycles. The van der Waals surface area contributed by atoms with Gasteiger partial charge >= 0.3 is 0 Å². The minimum Gasteiger partial charge on any atom is -0.490 e. The van der Waals surface area contributed by atoms with Crippen LogP contribution >= 0.6 is 0 Å². The molecule has 2 atom stereocenters. The van der Waals surface area contributed by atoms with Crippen LogP contribution in [0.2, 0.25) is 0 Å². The highest BCUT2D eigenvalue weighted by Gasteiger charge is 2.15. The number of ether oxygens (including phenoxy) is 2. The predicted octanol–water partition coefficient (Wildman–Crippen LogP) is 3.30. The predicted molar refractivity (Wildman–Crippen MR) is 81.1 cm³/mol. The molecule has 0 bridgehead atoms. The first-order chi connectivity index (χ1) is 9.74. The first-order valence-corrected chi connectivity index (χ1v) is 7.33. The molecule has 2 rings (SSSR count). The molecule has 1 heterocycles. The summed E-state index contributed by atoms with van der Waals surface area (Å²) in [5.41, 5.74) is 1.20. The van der Waals surface area contributed by atoms with Gasteiger partial charge in [0, 0.05) is 24.9 Å². The average molecular weight is 273 g/mol. The molecule has 0 amide bonds. The van der Waals surface area contributed by atoms with Gasteiger partial charge in [0.1, 0.15) is 0 Å². The van der Waals surface area contributed by atoms with E-state index in [0.29, 0.717) is 12.6 Å². The standard InChI is InChI=1S/C17H23NO2/c1-4-7-15(5-2)18-13(3)14-8-9-16-17(12-14)20-11-6-10-19-16/h1,8-9,12-13,15,18H,5-7,10-11H2,2-3H3. The fraction of sp³-hybridized carbons (Fsp3) is 0.529. The van der Waals surface area contributed by atoms with Crippen molar-refractivity contribution in [1.29, 1.82) is 0 Å². The third-order valence-electron chi connectivity index (χ3n) is 3.61. The number of terminal acetylenes is 1. The summed E-state index contributed by atoms with van der Waals surface area (Å²) in [4.78, 5) is 0. The van der Waals surface area contributed by atoms with Crippen molar-refractivity contribution in [3.63, 3.8) is 0 Å². The van der Waals surface area contributed by atoms with Gasteiger partial charge in [-0.25, -0.2) is 0 Å². The van der Waals surface area contributed by atoms with Gasteiger partial charge in [-0.2, -0.15) is 0 Å². The molecule has 1 aliphatic rings. The fourth-order valence-electron chi connectivity index (χ4n) is 2.36. The Labute approximate surface area is 121 Å². The number of nitrogens with one attached hydrogen (secondary N) is 1. The summed E-state index contributed by atoms with van der Waals surface area (Å²) in [6.45, 7) is 5.74. The molecule has 2 unspecified atom stereocenters. The molecule has 1 aliphatic heterocycles. The summed E-state index contributed by atoms with van der Waals surface area (Å²) < 4.78 is 11.4. The summed E-state index contributed by atoms with van der Waals surface area (Å²) in [6.07, 6.45) is 8.11. The van der Waals surface area contributed by atoms with Gasteiger partial charge in [0.15, 0.2) is 11.5 Å². The lowest BCUT2D eigenvalue weighted by Gasteiger charge is -2.21. The molecule has 1 aromatic rings. The van der Waals surface area contributed by atoms with Crippen LogP contribution in [0.25, 0.3) is 0 Å². The Morgan fingerprint density at radius 2 is 2.05 bits per heavy atom. The first-order valence-electron chi connectivity index (χ1n) is 7.33. The van der Waals surface area contributed by atoms with E-state index in [1.807, 2.05) is 6.07 Å². The van der Waals surface area contributed by atoms with Gasteiger partial charge in [-0.1, -0.05) is 13.0 Å². The largest absolute Gasteiger partial charge is 0.490 e. The van der Waals surface area contributed by atoms with E-state index >= 15 is 0 Å². The van der Waals surface area contributed by atoms with E-state index in [1.165, 1.54) is 5.56 Å². The Balaban J connectivity index is 2.08. The Morgan fingerprint density at radius 1 is 1.30 bits per heavy atom. The van der Waals surface area contributed by atoms with Crippen LogP contribution in [0, 0.1) is 12.3 Å². The van der Waals surface area contributed by atoms with Gasteiger partial charge < -0.3 is 14.8 Å². The van der Waals surface area contributed by atoms with Gasteiger partial charge in [-0.05, 0) is 31.0 Å². The SMILES string of the molecule is C#CCC(CC)NC(C)c1ccc2c(c1)OCCCO2. The molecule has 0 fully saturated rings. The van der Waals surface area contributed by atoms with Crippen LogP contribution < -0.4 is 14.8 Å².